The molecule has 0 unspecified atom stereocenters. The number of cyclic esters (lactones) is 1. The SMILES string of the molecule is O=C1OCCOC1=Cc1ccccc1. The van der Waals surface area contributed by atoms with Crippen molar-refractivity contribution in [2.45, 2.75) is 0 Å². The molecule has 0 saturated carbocycles. The van der Waals surface area contributed by atoms with Crippen LogP contribution in [0.2, 0.25) is 0 Å². The average molecular weight is 190 g/mol. The molecule has 2 rings (SSSR count). The Bertz CT molecular complexity index is 354. The lowest BCUT2D eigenvalue weighted by Gasteiger charge is -2.15. The number of esters is 1. The van der Waals surface area contributed by atoms with Crippen molar-refractivity contribution < 1.29 is 14.3 Å². The van der Waals surface area contributed by atoms with Gasteiger partial charge >= 0.3 is 5.97 Å². The third-order valence-electron chi connectivity index (χ3n) is 1.87. The third-order valence-corrected chi connectivity index (χ3v) is 1.87. The summed E-state index contributed by atoms with van der Waals surface area (Å²) in [6.07, 6.45) is 1.68. The van der Waals surface area contributed by atoms with E-state index in [1.807, 2.05) is 30.3 Å². The van der Waals surface area contributed by atoms with Crippen molar-refractivity contribution >= 4 is 12.0 Å². The van der Waals surface area contributed by atoms with E-state index < -0.39 is 0 Å². The highest BCUT2D eigenvalue weighted by Gasteiger charge is 2.17. The monoisotopic (exact) mass is 190 g/mol. The molecule has 14 heavy (non-hydrogen) atoms. The topological polar surface area (TPSA) is 35.5 Å². The first-order valence-corrected chi connectivity index (χ1v) is 4.43. The van der Waals surface area contributed by atoms with Gasteiger partial charge in [0.15, 0.2) is 0 Å². The zero-order valence-corrected chi connectivity index (χ0v) is 7.60. The maximum atomic E-state index is 11.2. The van der Waals surface area contributed by atoms with E-state index >= 15 is 0 Å². The van der Waals surface area contributed by atoms with Crippen molar-refractivity contribution in [2.75, 3.05) is 13.2 Å². The van der Waals surface area contributed by atoms with Crippen LogP contribution in [0.4, 0.5) is 0 Å². The molecule has 0 amide bonds. The van der Waals surface area contributed by atoms with Gasteiger partial charge in [0, 0.05) is 0 Å². The highest BCUT2D eigenvalue weighted by molar-refractivity contribution is 5.91. The van der Waals surface area contributed by atoms with E-state index in [4.69, 9.17) is 9.47 Å². The Balaban J connectivity index is 2.21. The minimum absolute atomic E-state index is 0.280. The Kier molecular flexibility index (Phi) is 2.49. The van der Waals surface area contributed by atoms with Gasteiger partial charge in [0.1, 0.15) is 13.2 Å². The Morgan fingerprint density at radius 3 is 2.50 bits per heavy atom. The minimum Gasteiger partial charge on any atom is -0.483 e. The smallest absolute Gasteiger partial charge is 0.373 e. The number of benzene rings is 1. The first-order valence-electron chi connectivity index (χ1n) is 4.43. The average Bonchev–Trinajstić information content (AvgIpc) is 2.23. The van der Waals surface area contributed by atoms with E-state index in [0.29, 0.717) is 13.2 Å². The molecule has 0 aliphatic carbocycles. The molecule has 0 N–H and O–H groups in total. The molecule has 1 fully saturated rings. The Morgan fingerprint density at radius 2 is 1.79 bits per heavy atom. The van der Waals surface area contributed by atoms with Gasteiger partial charge in [0.05, 0.1) is 0 Å². The quantitative estimate of drug-likeness (QED) is 0.498. The summed E-state index contributed by atoms with van der Waals surface area (Å²) >= 11 is 0. The molecule has 1 heterocycles. The van der Waals surface area contributed by atoms with Crippen molar-refractivity contribution in [3.63, 3.8) is 0 Å². The van der Waals surface area contributed by atoms with Crippen LogP contribution in [0, 0.1) is 0 Å². The maximum Gasteiger partial charge on any atom is 0.373 e. The molecule has 0 aromatic heterocycles. The lowest BCUT2D eigenvalue weighted by molar-refractivity contribution is -0.150. The van der Waals surface area contributed by atoms with Crippen molar-refractivity contribution in [1.82, 2.24) is 0 Å². The second-order valence-electron chi connectivity index (χ2n) is 2.90. The predicted molar refractivity (Wildman–Crippen MR) is 51.3 cm³/mol. The van der Waals surface area contributed by atoms with Crippen LogP contribution in [0.3, 0.4) is 0 Å². The fraction of sp³-hybridized carbons (Fsp3) is 0.182. The number of ether oxygens (including phenoxy) is 2. The van der Waals surface area contributed by atoms with Crippen LogP contribution >= 0.6 is 0 Å². The molecule has 0 radical (unpaired) electrons. The molecule has 0 atom stereocenters. The molecular formula is C11H10O3. The van der Waals surface area contributed by atoms with E-state index in [2.05, 4.69) is 0 Å². The highest BCUT2D eigenvalue weighted by atomic mass is 16.6. The van der Waals surface area contributed by atoms with Gasteiger partial charge in [0.2, 0.25) is 5.76 Å². The van der Waals surface area contributed by atoms with Crippen LogP contribution in [-0.4, -0.2) is 19.2 Å². The van der Waals surface area contributed by atoms with Gasteiger partial charge < -0.3 is 9.47 Å². The zero-order chi connectivity index (χ0) is 9.80. The van der Waals surface area contributed by atoms with Gasteiger partial charge in [-0.2, -0.15) is 0 Å². The Labute approximate surface area is 81.9 Å². The zero-order valence-electron chi connectivity index (χ0n) is 7.60. The molecule has 1 aliphatic rings. The first-order chi connectivity index (χ1) is 6.86. The number of rotatable bonds is 1. The summed E-state index contributed by atoms with van der Waals surface area (Å²) in [6.45, 7) is 0.773. The van der Waals surface area contributed by atoms with Crippen molar-refractivity contribution in [3.05, 3.63) is 41.7 Å². The van der Waals surface area contributed by atoms with Gasteiger partial charge in [-0.15, -0.1) is 0 Å². The summed E-state index contributed by atoms with van der Waals surface area (Å²) in [4.78, 5) is 11.2. The maximum absolute atomic E-state index is 11.2. The molecule has 3 heteroatoms. The molecule has 1 aromatic rings. The van der Waals surface area contributed by atoms with Crippen LogP contribution in [0.1, 0.15) is 5.56 Å². The molecule has 1 aliphatic heterocycles. The number of hydrogen-bond donors (Lipinski definition) is 0. The summed E-state index contributed by atoms with van der Waals surface area (Å²) < 4.78 is 10.0. The van der Waals surface area contributed by atoms with Crippen LogP contribution < -0.4 is 0 Å². The second kappa shape index (κ2) is 3.96. The summed E-state index contributed by atoms with van der Waals surface area (Å²) in [5.74, 6) is -0.109. The standard InChI is InChI=1S/C11H10O3/c12-11-10(13-6-7-14-11)8-9-4-2-1-3-5-9/h1-5,8H,6-7H2. The van der Waals surface area contributed by atoms with Crippen LogP contribution in [0.25, 0.3) is 6.08 Å². The second-order valence-corrected chi connectivity index (χ2v) is 2.90. The summed E-state index contributed by atoms with van der Waals surface area (Å²) in [6, 6.07) is 9.53. The van der Waals surface area contributed by atoms with E-state index in [9.17, 15) is 4.79 Å². The van der Waals surface area contributed by atoms with Crippen LogP contribution in [0.5, 0.6) is 0 Å². The third kappa shape index (κ3) is 1.93. The van der Waals surface area contributed by atoms with E-state index in [0.717, 1.165) is 5.56 Å². The van der Waals surface area contributed by atoms with E-state index in [1.54, 1.807) is 6.08 Å². The fourth-order valence-electron chi connectivity index (χ4n) is 1.22. The fourth-order valence-corrected chi connectivity index (χ4v) is 1.22. The molecule has 0 bridgehead atoms. The molecule has 0 spiro atoms. The van der Waals surface area contributed by atoms with Crippen molar-refractivity contribution in [2.24, 2.45) is 0 Å². The van der Waals surface area contributed by atoms with Gasteiger partial charge in [-0.05, 0) is 11.6 Å². The van der Waals surface area contributed by atoms with Gasteiger partial charge in [-0.25, -0.2) is 4.79 Å². The predicted octanol–water partition coefficient (Wildman–Crippen LogP) is 1.60. The van der Waals surface area contributed by atoms with E-state index in [1.165, 1.54) is 0 Å². The molecular weight excluding hydrogens is 180 g/mol. The summed E-state index contributed by atoms with van der Waals surface area (Å²) in [5.41, 5.74) is 0.932. The van der Waals surface area contributed by atoms with Gasteiger partial charge in [-0.3, -0.25) is 0 Å². The Morgan fingerprint density at radius 1 is 1.07 bits per heavy atom. The number of hydrogen-bond acceptors (Lipinski definition) is 3. The normalized spacial score (nSPS) is 18.9. The highest BCUT2D eigenvalue weighted by Crippen LogP contribution is 2.12. The minimum atomic E-state index is -0.389. The Hall–Kier alpha value is -1.77. The van der Waals surface area contributed by atoms with Gasteiger partial charge in [0.25, 0.3) is 0 Å². The van der Waals surface area contributed by atoms with E-state index in [-0.39, 0.29) is 11.7 Å². The van der Waals surface area contributed by atoms with Crippen molar-refractivity contribution in [1.29, 1.82) is 0 Å². The lowest BCUT2D eigenvalue weighted by atomic mass is 10.2. The van der Waals surface area contributed by atoms with Gasteiger partial charge in [-0.1, -0.05) is 30.3 Å². The summed E-state index contributed by atoms with van der Waals surface area (Å²) in [7, 11) is 0. The first kappa shape index (κ1) is 8.81. The van der Waals surface area contributed by atoms with Crippen LogP contribution in [-0.2, 0) is 14.3 Å². The lowest BCUT2D eigenvalue weighted by Crippen LogP contribution is -2.21. The number of carbonyl (C=O) groups is 1. The number of carbonyl (C=O) groups excluding carboxylic acids is 1. The molecule has 1 aromatic carbocycles. The molecule has 72 valence electrons. The van der Waals surface area contributed by atoms with Crippen molar-refractivity contribution in [3.8, 4) is 0 Å². The van der Waals surface area contributed by atoms with Crippen LogP contribution in [0.15, 0.2) is 36.1 Å². The molecule has 3 nitrogen and oxygen atoms in total. The molecule has 1 saturated heterocycles. The largest absolute Gasteiger partial charge is 0.483 e. The summed E-state index contributed by atoms with van der Waals surface area (Å²) in [5, 5.41) is 0.